The van der Waals surface area contributed by atoms with Gasteiger partial charge in [-0.1, -0.05) is 13.3 Å². The third-order valence-corrected chi connectivity index (χ3v) is 3.57. The Bertz CT molecular complexity index is 419. The lowest BCUT2D eigenvalue weighted by molar-refractivity contribution is -0.119. The molecule has 2 atom stereocenters. The third-order valence-electron chi connectivity index (χ3n) is 3.57. The molecule has 0 bridgehead atoms. The van der Waals surface area contributed by atoms with E-state index >= 15 is 0 Å². The predicted molar refractivity (Wildman–Crippen MR) is 72.4 cm³/mol. The van der Waals surface area contributed by atoms with E-state index in [1.54, 1.807) is 6.20 Å². The molecule has 0 aliphatic carbocycles. The van der Waals surface area contributed by atoms with Gasteiger partial charge in [-0.15, -0.1) is 0 Å². The van der Waals surface area contributed by atoms with Crippen molar-refractivity contribution < 1.29 is 4.79 Å². The number of rotatable bonds is 3. The van der Waals surface area contributed by atoms with Crippen LogP contribution in [0.15, 0.2) is 18.3 Å². The van der Waals surface area contributed by atoms with Crippen molar-refractivity contribution in [3.63, 3.8) is 0 Å². The first kappa shape index (κ1) is 13.0. The Balaban J connectivity index is 1.95. The summed E-state index contributed by atoms with van der Waals surface area (Å²) in [4.78, 5) is 16.3. The highest BCUT2D eigenvalue weighted by Gasteiger charge is 2.25. The number of aryl methyl sites for hydroxylation is 1. The van der Waals surface area contributed by atoms with Crippen molar-refractivity contribution in [3.8, 4) is 0 Å². The number of carbonyl (C=O) groups is 1. The van der Waals surface area contributed by atoms with Gasteiger partial charge in [0.15, 0.2) is 0 Å². The number of piperidine rings is 1. The fourth-order valence-corrected chi connectivity index (χ4v) is 2.42. The average molecular weight is 247 g/mol. The van der Waals surface area contributed by atoms with Crippen molar-refractivity contribution in [2.75, 3.05) is 11.9 Å². The Kier molecular flexibility index (Phi) is 4.31. The molecule has 1 saturated heterocycles. The van der Waals surface area contributed by atoms with Crippen LogP contribution in [0.5, 0.6) is 0 Å². The lowest BCUT2D eigenvalue weighted by atomic mass is 9.90. The second-order valence-electron chi connectivity index (χ2n) is 4.98. The molecule has 0 spiro atoms. The highest BCUT2D eigenvalue weighted by atomic mass is 16.2. The van der Waals surface area contributed by atoms with Crippen molar-refractivity contribution >= 4 is 11.6 Å². The van der Waals surface area contributed by atoms with Gasteiger partial charge in [0.25, 0.3) is 0 Å². The molecule has 1 aromatic heterocycles. The van der Waals surface area contributed by atoms with E-state index in [0.717, 1.165) is 30.8 Å². The smallest absolute Gasteiger partial charge is 0.241 e. The Morgan fingerprint density at radius 3 is 3.17 bits per heavy atom. The number of pyridine rings is 1. The molecule has 2 heterocycles. The van der Waals surface area contributed by atoms with Crippen molar-refractivity contribution in [1.82, 2.24) is 10.3 Å². The standard InChI is InChI=1S/C14H21N3O/c1-3-11-4-6-16-13(9-11)14(18)17-12-5-7-15-10(2)8-12/h5,7-8,11,13,16H,3-4,6,9H2,1-2H3,(H,15,17,18). The van der Waals surface area contributed by atoms with Crippen molar-refractivity contribution in [1.29, 1.82) is 0 Å². The number of nitrogens with zero attached hydrogens (tertiary/aromatic N) is 1. The van der Waals surface area contributed by atoms with Gasteiger partial charge >= 0.3 is 0 Å². The second-order valence-corrected chi connectivity index (χ2v) is 4.98. The number of hydrogen-bond donors (Lipinski definition) is 2. The summed E-state index contributed by atoms with van der Waals surface area (Å²) in [7, 11) is 0. The molecular formula is C14H21N3O. The minimum absolute atomic E-state index is 0.0582. The van der Waals surface area contributed by atoms with Crippen LogP contribution in [0.1, 0.15) is 31.9 Å². The van der Waals surface area contributed by atoms with Crippen LogP contribution in [-0.2, 0) is 4.79 Å². The fraction of sp³-hybridized carbons (Fsp3) is 0.571. The molecule has 18 heavy (non-hydrogen) atoms. The highest BCUT2D eigenvalue weighted by Crippen LogP contribution is 2.20. The van der Waals surface area contributed by atoms with Crippen LogP contribution in [0.25, 0.3) is 0 Å². The molecular weight excluding hydrogens is 226 g/mol. The van der Waals surface area contributed by atoms with Gasteiger partial charge in [-0.2, -0.15) is 0 Å². The number of anilines is 1. The summed E-state index contributed by atoms with van der Waals surface area (Å²) >= 11 is 0. The average Bonchev–Trinajstić information content (AvgIpc) is 2.39. The molecule has 1 amide bonds. The first-order chi connectivity index (χ1) is 8.69. The lowest BCUT2D eigenvalue weighted by Crippen LogP contribution is -2.46. The summed E-state index contributed by atoms with van der Waals surface area (Å²) in [6.07, 6.45) is 4.98. The van der Waals surface area contributed by atoms with Crippen LogP contribution in [-0.4, -0.2) is 23.5 Å². The van der Waals surface area contributed by atoms with E-state index in [4.69, 9.17) is 0 Å². The monoisotopic (exact) mass is 247 g/mol. The number of nitrogens with one attached hydrogen (secondary N) is 2. The van der Waals surface area contributed by atoms with Gasteiger partial charge in [-0.25, -0.2) is 0 Å². The Labute approximate surface area is 108 Å². The first-order valence-corrected chi connectivity index (χ1v) is 6.66. The molecule has 0 aromatic carbocycles. The molecule has 2 unspecified atom stereocenters. The van der Waals surface area contributed by atoms with E-state index in [0.29, 0.717) is 5.92 Å². The minimum Gasteiger partial charge on any atom is -0.325 e. The zero-order valence-corrected chi connectivity index (χ0v) is 11.1. The van der Waals surface area contributed by atoms with E-state index in [1.165, 1.54) is 6.42 Å². The molecule has 1 aromatic rings. The molecule has 98 valence electrons. The topological polar surface area (TPSA) is 54.0 Å². The lowest BCUT2D eigenvalue weighted by Gasteiger charge is -2.28. The summed E-state index contributed by atoms with van der Waals surface area (Å²) < 4.78 is 0. The van der Waals surface area contributed by atoms with Crippen LogP contribution < -0.4 is 10.6 Å². The van der Waals surface area contributed by atoms with Crippen LogP contribution in [0.2, 0.25) is 0 Å². The van der Waals surface area contributed by atoms with E-state index in [-0.39, 0.29) is 11.9 Å². The zero-order chi connectivity index (χ0) is 13.0. The third kappa shape index (κ3) is 3.29. The number of aromatic nitrogens is 1. The molecule has 4 nitrogen and oxygen atoms in total. The molecule has 0 saturated carbocycles. The maximum absolute atomic E-state index is 12.1. The highest BCUT2D eigenvalue weighted by molar-refractivity contribution is 5.94. The molecule has 1 aliphatic heterocycles. The normalized spacial score (nSPS) is 23.7. The van der Waals surface area contributed by atoms with Crippen molar-refractivity contribution in [3.05, 3.63) is 24.0 Å². The Morgan fingerprint density at radius 2 is 2.44 bits per heavy atom. The zero-order valence-electron chi connectivity index (χ0n) is 11.1. The molecule has 1 aliphatic rings. The van der Waals surface area contributed by atoms with E-state index < -0.39 is 0 Å². The maximum atomic E-state index is 12.1. The largest absolute Gasteiger partial charge is 0.325 e. The SMILES string of the molecule is CCC1CCNC(C(=O)Nc2ccnc(C)c2)C1. The summed E-state index contributed by atoms with van der Waals surface area (Å²) in [5.41, 5.74) is 1.74. The number of hydrogen-bond acceptors (Lipinski definition) is 3. The summed E-state index contributed by atoms with van der Waals surface area (Å²) in [5, 5.41) is 6.25. The van der Waals surface area contributed by atoms with Crippen LogP contribution in [0.4, 0.5) is 5.69 Å². The maximum Gasteiger partial charge on any atom is 0.241 e. The van der Waals surface area contributed by atoms with Crippen molar-refractivity contribution in [2.45, 2.75) is 39.2 Å². The summed E-state index contributed by atoms with van der Waals surface area (Å²) in [5.74, 6) is 0.736. The summed E-state index contributed by atoms with van der Waals surface area (Å²) in [6.45, 7) is 5.05. The molecule has 0 radical (unpaired) electrons. The Hall–Kier alpha value is -1.42. The van der Waals surface area contributed by atoms with Crippen LogP contribution in [0, 0.1) is 12.8 Å². The van der Waals surface area contributed by atoms with Gasteiger partial charge in [0.05, 0.1) is 6.04 Å². The van der Waals surface area contributed by atoms with Gasteiger partial charge < -0.3 is 10.6 Å². The quantitative estimate of drug-likeness (QED) is 0.860. The van der Waals surface area contributed by atoms with Crippen LogP contribution >= 0.6 is 0 Å². The van der Waals surface area contributed by atoms with E-state index in [9.17, 15) is 4.79 Å². The molecule has 4 heteroatoms. The van der Waals surface area contributed by atoms with Crippen molar-refractivity contribution in [2.24, 2.45) is 5.92 Å². The first-order valence-electron chi connectivity index (χ1n) is 6.66. The van der Waals surface area contributed by atoms with Crippen LogP contribution in [0.3, 0.4) is 0 Å². The minimum atomic E-state index is -0.0582. The second kappa shape index (κ2) is 5.96. The predicted octanol–water partition coefficient (Wildman–Crippen LogP) is 2.11. The molecule has 2 rings (SSSR count). The fourth-order valence-electron chi connectivity index (χ4n) is 2.42. The van der Waals surface area contributed by atoms with Gasteiger partial charge in [-0.3, -0.25) is 9.78 Å². The van der Waals surface area contributed by atoms with Gasteiger partial charge in [0, 0.05) is 17.6 Å². The van der Waals surface area contributed by atoms with Gasteiger partial charge in [-0.05, 0) is 44.4 Å². The van der Waals surface area contributed by atoms with E-state index in [1.807, 2.05) is 19.1 Å². The van der Waals surface area contributed by atoms with Gasteiger partial charge in [0.2, 0.25) is 5.91 Å². The summed E-state index contributed by atoms with van der Waals surface area (Å²) in [6, 6.07) is 3.65. The number of carbonyl (C=O) groups excluding carboxylic acids is 1. The Morgan fingerprint density at radius 1 is 1.61 bits per heavy atom. The molecule has 2 N–H and O–H groups in total. The van der Waals surface area contributed by atoms with E-state index in [2.05, 4.69) is 22.5 Å². The van der Waals surface area contributed by atoms with Gasteiger partial charge in [0.1, 0.15) is 0 Å². The number of amides is 1. The molecule has 1 fully saturated rings.